The summed E-state index contributed by atoms with van der Waals surface area (Å²) in [5.41, 5.74) is 0.610. The summed E-state index contributed by atoms with van der Waals surface area (Å²) in [6, 6.07) is 7.47. The third-order valence-corrected chi connectivity index (χ3v) is 4.94. The van der Waals surface area contributed by atoms with Crippen molar-refractivity contribution in [1.82, 2.24) is 10.2 Å². The Morgan fingerprint density at radius 2 is 1.81 bits per heavy atom. The van der Waals surface area contributed by atoms with E-state index >= 15 is 0 Å². The van der Waals surface area contributed by atoms with E-state index in [0.717, 1.165) is 43.5 Å². The molecule has 0 aromatic heterocycles. The van der Waals surface area contributed by atoms with Gasteiger partial charge in [0.25, 0.3) is 0 Å². The molecule has 1 heterocycles. The lowest BCUT2D eigenvalue weighted by molar-refractivity contribution is -0.140. The molecule has 0 saturated carbocycles. The van der Waals surface area contributed by atoms with Crippen LogP contribution in [0.25, 0.3) is 0 Å². The number of carbonyl (C=O) groups is 2. The number of hydrogen-bond donors (Lipinski definition) is 1. The van der Waals surface area contributed by atoms with Gasteiger partial charge in [0.05, 0.1) is 13.2 Å². The lowest BCUT2D eigenvalue weighted by Gasteiger charge is -2.33. The van der Waals surface area contributed by atoms with Gasteiger partial charge in [0, 0.05) is 12.0 Å². The highest BCUT2D eigenvalue weighted by Gasteiger charge is 2.32. The standard InChI is InChI=1S/C21H32N2O3/c1-15(22-20(25)21(2,3)4)19(24)23-14-8-6-7-9-18(23)16-10-12-17(26-5)13-11-16/h10-13,15,18H,6-9,14H2,1-5H3,(H,22,25). The highest BCUT2D eigenvalue weighted by atomic mass is 16.5. The van der Waals surface area contributed by atoms with Crippen molar-refractivity contribution < 1.29 is 14.3 Å². The third-order valence-electron chi connectivity index (χ3n) is 4.94. The smallest absolute Gasteiger partial charge is 0.245 e. The van der Waals surface area contributed by atoms with Crippen molar-refractivity contribution >= 4 is 11.8 Å². The highest BCUT2D eigenvalue weighted by Crippen LogP contribution is 2.31. The van der Waals surface area contributed by atoms with Gasteiger partial charge in [-0.2, -0.15) is 0 Å². The molecular formula is C21H32N2O3. The number of amides is 2. The minimum atomic E-state index is -0.527. The van der Waals surface area contributed by atoms with E-state index in [1.807, 2.05) is 49.9 Å². The molecule has 2 atom stereocenters. The summed E-state index contributed by atoms with van der Waals surface area (Å²) in [6.07, 6.45) is 4.17. The van der Waals surface area contributed by atoms with Crippen LogP contribution in [0.3, 0.4) is 0 Å². The molecule has 2 amide bonds. The number of hydrogen-bond acceptors (Lipinski definition) is 3. The number of carbonyl (C=O) groups excluding carboxylic acids is 2. The van der Waals surface area contributed by atoms with Crippen LogP contribution in [0, 0.1) is 5.41 Å². The van der Waals surface area contributed by atoms with Crippen LogP contribution in [0.2, 0.25) is 0 Å². The average molecular weight is 360 g/mol. The average Bonchev–Trinajstić information content (AvgIpc) is 2.86. The van der Waals surface area contributed by atoms with Gasteiger partial charge in [0.15, 0.2) is 0 Å². The summed E-state index contributed by atoms with van der Waals surface area (Å²) >= 11 is 0. The van der Waals surface area contributed by atoms with E-state index in [0.29, 0.717) is 0 Å². The van der Waals surface area contributed by atoms with Crippen molar-refractivity contribution in [1.29, 1.82) is 0 Å². The second-order valence-electron chi connectivity index (χ2n) is 8.12. The minimum absolute atomic E-state index is 0.00896. The van der Waals surface area contributed by atoms with Gasteiger partial charge in [0.1, 0.15) is 11.8 Å². The molecule has 0 bridgehead atoms. The van der Waals surface area contributed by atoms with Gasteiger partial charge in [-0.05, 0) is 37.5 Å². The molecule has 2 rings (SSSR count). The normalized spacial score (nSPS) is 19.4. The maximum absolute atomic E-state index is 13.1. The molecule has 5 nitrogen and oxygen atoms in total. The molecular weight excluding hydrogens is 328 g/mol. The summed E-state index contributed by atoms with van der Waals surface area (Å²) in [5, 5.41) is 2.88. The molecule has 1 saturated heterocycles. The lowest BCUT2D eigenvalue weighted by atomic mass is 9.95. The zero-order valence-electron chi connectivity index (χ0n) is 16.7. The van der Waals surface area contributed by atoms with E-state index in [2.05, 4.69) is 5.32 Å². The molecule has 1 aromatic rings. The Morgan fingerprint density at radius 3 is 2.38 bits per heavy atom. The van der Waals surface area contributed by atoms with Crippen LogP contribution in [-0.2, 0) is 9.59 Å². The first kappa shape index (κ1) is 20.3. The van der Waals surface area contributed by atoms with Gasteiger partial charge in [-0.25, -0.2) is 0 Å². The summed E-state index contributed by atoms with van der Waals surface area (Å²) in [7, 11) is 1.65. The first-order valence-corrected chi connectivity index (χ1v) is 9.49. The summed E-state index contributed by atoms with van der Waals surface area (Å²) in [6.45, 7) is 8.07. The van der Waals surface area contributed by atoms with E-state index in [1.54, 1.807) is 14.0 Å². The fraction of sp³-hybridized carbons (Fsp3) is 0.619. The second kappa shape index (κ2) is 8.56. The number of rotatable bonds is 4. The van der Waals surface area contributed by atoms with Crippen molar-refractivity contribution in [2.45, 2.75) is 65.5 Å². The van der Waals surface area contributed by atoms with Crippen LogP contribution in [0.15, 0.2) is 24.3 Å². The summed E-state index contributed by atoms with van der Waals surface area (Å²) in [4.78, 5) is 27.3. The Labute approximate surface area is 157 Å². The molecule has 1 aliphatic rings. The van der Waals surface area contributed by atoms with E-state index in [-0.39, 0.29) is 17.9 Å². The van der Waals surface area contributed by atoms with E-state index in [4.69, 9.17) is 4.74 Å². The van der Waals surface area contributed by atoms with E-state index in [1.165, 1.54) is 0 Å². The Morgan fingerprint density at radius 1 is 1.15 bits per heavy atom. The van der Waals surface area contributed by atoms with Crippen molar-refractivity contribution in [2.75, 3.05) is 13.7 Å². The number of methoxy groups -OCH3 is 1. The predicted octanol–water partition coefficient (Wildman–Crippen LogP) is 3.69. The maximum atomic E-state index is 13.1. The van der Waals surface area contributed by atoms with Crippen molar-refractivity contribution in [3.8, 4) is 5.75 Å². The quantitative estimate of drug-likeness (QED) is 0.891. The number of likely N-dealkylation sites (tertiary alicyclic amines) is 1. The lowest BCUT2D eigenvalue weighted by Crippen LogP contribution is -2.50. The van der Waals surface area contributed by atoms with Gasteiger partial charge in [-0.1, -0.05) is 45.7 Å². The zero-order valence-corrected chi connectivity index (χ0v) is 16.7. The van der Waals surface area contributed by atoms with Gasteiger partial charge in [0.2, 0.25) is 11.8 Å². The number of ether oxygens (including phenoxy) is 1. The summed E-state index contributed by atoms with van der Waals surface area (Å²) in [5.74, 6) is 0.700. The van der Waals surface area contributed by atoms with E-state index < -0.39 is 11.5 Å². The molecule has 1 aliphatic heterocycles. The molecule has 0 aliphatic carbocycles. The van der Waals surface area contributed by atoms with Crippen LogP contribution in [-0.4, -0.2) is 36.4 Å². The highest BCUT2D eigenvalue weighted by molar-refractivity contribution is 5.89. The van der Waals surface area contributed by atoms with Gasteiger partial charge < -0.3 is 15.0 Å². The Kier molecular flexibility index (Phi) is 6.68. The van der Waals surface area contributed by atoms with Crippen molar-refractivity contribution in [2.24, 2.45) is 5.41 Å². The van der Waals surface area contributed by atoms with Gasteiger partial charge in [-0.3, -0.25) is 9.59 Å². The number of nitrogens with zero attached hydrogens (tertiary/aromatic N) is 1. The molecule has 144 valence electrons. The molecule has 1 N–H and O–H groups in total. The first-order valence-electron chi connectivity index (χ1n) is 9.49. The number of benzene rings is 1. The molecule has 1 aromatic carbocycles. The van der Waals surface area contributed by atoms with Gasteiger partial charge in [-0.15, -0.1) is 0 Å². The SMILES string of the molecule is COc1ccc(C2CCCCCN2C(=O)C(C)NC(=O)C(C)(C)C)cc1. The molecule has 26 heavy (non-hydrogen) atoms. The van der Waals surface area contributed by atoms with Crippen LogP contribution in [0.4, 0.5) is 0 Å². The molecule has 2 unspecified atom stereocenters. The fourth-order valence-electron chi connectivity index (χ4n) is 3.27. The Balaban J connectivity index is 2.18. The Bertz CT molecular complexity index is 619. The van der Waals surface area contributed by atoms with Gasteiger partial charge >= 0.3 is 0 Å². The van der Waals surface area contributed by atoms with Crippen LogP contribution in [0.1, 0.15) is 65.0 Å². The predicted molar refractivity (Wildman–Crippen MR) is 103 cm³/mol. The minimum Gasteiger partial charge on any atom is -0.497 e. The number of nitrogens with one attached hydrogen (secondary N) is 1. The molecule has 0 spiro atoms. The van der Waals surface area contributed by atoms with Crippen LogP contribution < -0.4 is 10.1 Å². The van der Waals surface area contributed by atoms with E-state index in [9.17, 15) is 9.59 Å². The fourth-order valence-corrected chi connectivity index (χ4v) is 3.27. The zero-order chi connectivity index (χ0) is 19.3. The molecule has 1 fully saturated rings. The largest absolute Gasteiger partial charge is 0.497 e. The first-order chi connectivity index (χ1) is 12.2. The topological polar surface area (TPSA) is 58.6 Å². The third kappa shape index (κ3) is 4.99. The van der Waals surface area contributed by atoms with Crippen LogP contribution in [0.5, 0.6) is 5.75 Å². The molecule has 0 radical (unpaired) electrons. The van der Waals surface area contributed by atoms with Crippen molar-refractivity contribution in [3.05, 3.63) is 29.8 Å². The maximum Gasteiger partial charge on any atom is 0.245 e. The second-order valence-corrected chi connectivity index (χ2v) is 8.12. The monoisotopic (exact) mass is 360 g/mol. The van der Waals surface area contributed by atoms with Crippen LogP contribution >= 0.6 is 0 Å². The summed E-state index contributed by atoms with van der Waals surface area (Å²) < 4.78 is 5.24. The Hall–Kier alpha value is -2.04. The van der Waals surface area contributed by atoms with Crippen molar-refractivity contribution in [3.63, 3.8) is 0 Å². The molecule has 5 heteroatoms.